The highest BCUT2D eigenvalue weighted by atomic mass is 19.4. The van der Waals surface area contributed by atoms with E-state index in [-0.39, 0.29) is 18.9 Å². The van der Waals surface area contributed by atoms with Crippen molar-refractivity contribution in [3.05, 3.63) is 0 Å². The van der Waals surface area contributed by atoms with Crippen LogP contribution in [0, 0.1) is 11.8 Å². The number of nitrogens with one attached hydrogen (secondary N) is 1. The number of aliphatic hydroxyl groups is 1. The Kier molecular flexibility index (Phi) is 5.73. The Labute approximate surface area is 101 Å². The van der Waals surface area contributed by atoms with Crippen LogP contribution in [0.25, 0.3) is 0 Å². The smallest absolute Gasteiger partial charge is 0.393 e. The topological polar surface area (TPSA) is 32.3 Å². The molecule has 0 heterocycles. The molecule has 17 heavy (non-hydrogen) atoms. The third kappa shape index (κ3) is 4.84. The summed E-state index contributed by atoms with van der Waals surface area (Å²) in [6.07, 6.45) is -1.05. The van der Waals surface area contributed by atoms with Crippen molar-refractivity contribution in [3.63, 3.8) is 0 Å². The summed E-state index contributed by atoms with van der Waals surface area (Å²) in [6, 6.07) is -0.440. The van der Waals surface area contributed by atoms with Gasteiger partial charge in [-0.2, -0.15) is 13.2 Å². The van der Waals surface area contributed by atoms with E-state index >= 15 is 0 Å². The number of alkyl halides is 3. The number of rotatable bonds is 5. The highest BCUT2D eigenvalue weighted by molar-refractivity contribution is 4.85. The highest BCUT2D eigenvalue weighted by Gasteiger charge is 2.45. The van der Waals surface area contributed by atoms with Crippen molar-refractivity contribution >= 4 is 0 Å². The van der Waals surface area contributed by atoms with Gasteiger partial charge < -0.3 is 10.4 Å². The molecule has 102 valence electrons. The van der Waals surface area contributed by atoms with Crippen LogP contribution in [0.4, 0.5) is 13.2 Å². The minimum absolute atomic E-state index is 0.0935. The predicted octanol–water partition coefficient (Wildman–Crippen LogP) is 2.72. The van der Waals surface area contributed by atoms with Crippen LogP contribution in [0.2, 0.25) is 0 Å². The molecule has 0 bridgehead atoms. The van der Waals surface area contributed by atoms with Crippen LogP contribution in [-0.4, -0.2) is 30.5 Å². The molecule has 0 aromatic heterocycles. The standard InChI is InChI=1S/C12H22F3NO/c1-9(6-7-17)8-16-11-5-3-2-4-10(11)12(13,14)15/h9-11,16-17H,2-8H2,1H3. The van der Waals surface area contributed by atoms with E-state index in [4.69, 9.17) is 5.11 Å². The molecule has 2 N–H and O–H groups in total. The molecular weight excluding hydrogens is 231 g/mol. The zero-order chi connectivity index (χ0) is 12.9. The molecule has 0 aromatic rings. The zero-order valence-electron chi connectivity index (χ0n) is 10.3. The fourth-order valence-corrected chi connectivity index (χ4v) is 2.44. The van der Waals surface area contributed by atoms with Crippen molar-refractivity contribution in [1.82, 2.24) is 5.32 Å². The molecular formula is C12H22F3NO. The molecule has 1 aliphatic rings. The summed E-state index contributed by atoms with van der Waals surface area (Å²) in [6.45, 7) is 2.59. The highest BCUT2D eigenvalue weighted by Crippen LogP contribution is 2.37. The largest absolute Gasteiger partial charge is 0.396 e. The Balaban J connectivity index is 2.43. The fraction of sp³-hybridized carbons (Fsp3) is 1.00. The van der Waals surface area contributed by atoms with Crippen molar-refractivity contribution in [2.24, 2.45) is 11.8 Å². The predicted molar refractivity (Wildman–Crippen MR) is 60.7 cm³/mol. The SMILES string of the molecule is CC(CCO)CNC1CCCCC1C(F)(F)F. The maximum Gasteiger partial charge on any atom is 0.393 e. The molecule has 0 amide bonds. The van der Waals surface area contributed by atoms with Gasteiger partial charge in [-0.25, -0.2) is 0 Å². The minimum Gasteiger partial charge on any atom is -0.396 e. The molecule has 1 rings (SSSR count). The Morgan fingerprint density at radius 3 is 2.53 bits per heavy atom. The van der Waals surface area contributed by atoms with Crippen LogP contribution in [0.15, 0.2) is 0 Å². The second-order valence-corrected chi connectivity index (χ2v) is 5.06. The lowest BCUT2D eigenvalue weighted by Crippen LogP contribution is -2.46. The van der Waals surface area contributed by atoms with E-state index in [2.05, 4.69) is 5.32 Å². The molecule has 3 atom stereocenters. The minimum atomic E-state index is -4.09. The number of aliphatic hydroxyl groups excluding tert-OH is 1. The second-order valence-electron chi connectivity index (χ2n) is 5.06. The molecule has 0 saturated heterocycles. The Morgan fingerprint density at radius 2 is 1.94 bits per heavy atom. The molecule has 0 spiro atoms. The molecule has 1 aliphatic carbocycles. The summed E-state index contributed by atoms with van der Waals surface area (Å²) in [5.74, 6) is -0.978. The monoisotopic (exact) mass is 253 g/mol. The zero-order valence-corrected chi connectivity index (χ0v) is 10.3. The number of hydrogen-bond donors (Lipinski definition) is 2. The summed E-state index contributed by atoms with van der Waals surface area (Å²) < 4.78 is 38.4. The molecule has 1 saturated carbocycles. The fourth-order valence-electron chi connectivity index (χ4n) is 2.44. The van der Waals surface area contributed by atoms with Gasteiger partial charge in [-0.05, 0) is 31.7 Å². The Hall–Kier alpha value is -0.290. The van der Waals surface area contributed by atoms with Gasteiger partial charge in [0.25, 0.3) is 0 Å². The number of halogens is 3. The van der Waals surface area contributed by atoms with Gasteiger partial charge in [0.1, 0.15) is 0 Å². The third-order valence-corrected chi connectivity index (χ3v) is 3.54. The van der Waals surface area contributed by atoms with Crippen molar-refractivity contribution in [3.8, 4) is 0 Å². The van der Waals surface area contributed by atoms with Crippen LogP contribution in [0.3, 0.4) is 0 Å². The van der Waals surface area contributed by atoms with Crippen LogP contribution in [0.1, 0.15) is 39.0 Å². The lowest BCUT2D eigenvalue weighted by molar-refractivity contribution is -0.189. The second kappa shape index (κ2) is 6.59. The first-order chi connectivity index (χ1) is 7.95. The van der Waals surface area contributed by atoms with Gasteiger partial charge in [-0.15, -0.1) is 0 Å². The molecule has 0 aromatic carbocycles. The van der Waals surface area contributed by atoms with Crippen molar-refractivity contribution in [2.45, 2.75) is 51.2 Å². The van der Waals surface area contributed by atoms with Crippen molar-refractivity contribution < 1.29 is 18.3 Å². The quantitative estimate of drug-likeness (QED) is 0.789. The first kappa shape index (κ1) is 14.8. The van der Waals surface area contributed by atoms with Gasteiger partial charge in [-0.1, -0.05) is 19.8 Å². The van der Waals surface area contributed by atoms with Crippen molar-refractivity contribution in [2.75, 3.05) is 13.2 Å². The first-order valence-corrected chi connectivity index (χ1v) is 6.36. The van der Waals surface area contributed by atoms with Crippen LogP contribution < -0.4 is 5.32 Å². The summed E-state index contributed by atoms with van der Waals surface area (Å²) in [5, 5.41) is 11.8. The van der Waals surface area contributed by atoms with E-state index in [0.717, 1.165) is 6.42 Å². The first-order valence-electron chi connectivity index (χ1n) is 6.36. The van der Waals surface area contributed by atoms with Gasteiger partial charge in [0.05, 0.1) is 5.92 Å². The van der Waals surface area contributed by atoms with Gasteiger partial charge in [-0.3, -0.25) is 0 Å². The van der Waals surface area contributed by atoms with E-state index in [1.165, 1.54) is 0 Å². The van der Waals surface area contributed by atoms with Gasteiger partial charge in [0.2, 0.25) is 0 Å². The van der Waals surface area contributed by atoms with Gasteiger partial charge in [0.15, 0.2) is 0 Å². The average molecular weight is 253 g/mol. The lowest BCUT2D eigenvalue weighted by Gasteiger charge is -2.34. The molecule has 0 radical (unpaired) electrons. The van der Waals surface area contributed by atoms with E-state index in [1.807, 2.05) is 6.92 Å². The molecule has 3 unspecified atom stereocenters. The van der Waals surface area contributed by atoms with E-state index in [0.29, 0.717) is 25.8 Å². The normalized spacial score (nSPS) is 28.1. The van der Waals surface area contributed by atoms with Crippen LogP contribution in [-0.2, 0) is 0 Å². The Morgan fingerprint density at radius 1 is 1.29 bits per heavy atom. The van der Waals surface area contributed by atoms with E-state index in [9.17, 15) is 13.2 Å². The third-order valence-electron chi connectivity index (χ3n) is 3.54. The molecule has 1 fully saturated rings. The summed E-state index contributed by atoms with van der Waals surface area (Å²) in [7, 11) is 0. The molecule has 0 aliphatic heterocycles. The van der Waals surface area contributed by atoms with Gasteiger partial charge in [0, 0.05) is 12.6 Å². The number of hydrogen-bond acceptors (Lipinski definition) is 2. The van der Waals surface area contributed by atoms with Crippen LogP contribution >= 0.6 is 0 Å². The summed E-state index contributed by atoms with van der Waals surface area (Å²) >= 11 is 0. The lowest BCUT2D eigenvalue weighted by atomic mass is 9.83. The molecule has 2 nitrogen and oxygen atoms in total. The van der Waals surface area contributed by atoms with Crippen molar-refractivity contribution in [1.29, 1.82) is 0 Å². The maximum atomic E-state index is 12.8. The maximum absolute atomic E-state index is 12.8. The Bertz CT molecular complexity index is 220. The van der Waals surface area contributed by atoms with Crippen LogP contribution in [0.5, 0.6) is 0 Å². The molecule has 5 heteroatoms. The summed E-state index contributed by atoms with van der Waals surface area (Å²) in [5.41, 5.74) is 0. The van der Waals surface area contributed by atoms with E-state index < -0.39 is 18.1 Å². The summed E-state index contributed by atoms with van der Waals surface area (Å²) in [4.78, 5) is 0. The van der Waals surface area contributed by atoms with E-state index in [1.54, 1.807) is 0 Å². The van der Waals surface area contributed by atoms with Gasteiger partial charge >= 0.3 is 6.18 Å². The average Bonchev–Trinajstić information content (AvgIpc) is 2.26.